The maximum Gasteiger partial charge on any atom is 0.246 e. The number of hydrogen-bond donors (Lipinski definition) is 0. The van der Waals surface area contributed by atoms with Gasteiger partial charge in [0.15, 0.2) is 0 Å². The molecule has 1 aromatic heterocycles. The number of nitrogens with zero attached hydrogens (tertiary/aromatic N) is 2. The van der Waals surface area contributed by atoms with Crippen LogP contribution in [0.25, 0.3) is 0 Å². The lowest BCUT2D eigenvalue weighted by Gasteiger charge is -2.30. The second-order valence-electron chi connectivity index (χ2n) is 5.70. The topological polar surface area (TPSA) is 59.5 Å². The van der Waals surface area contributed by atoms with Crippen LogP contribution in [0.2, 0.25) is 0 Å². The Morgan fingerprint density at radius 1 is 1.30 bits per heavy atom. The first-order chi connectivity index (χ1) is 11.0. The third-order valence-corrected chi connectivity index (χ3v) is 7.05. The molecule has 7 heteroatoms. The fourth-order valence-electron chi connectivity index (χ4n) is 2.90. The van der Waals surface area contributed by atoms with E-state index in [0.717, 1.165) is 23.4 Å². The van der Waals surface area contributed by atoms with E-state index in [2.05, 4.69) is 4.98 Å². The van der Waals surface area contributed by atoms with Gasteiger partial charge in [-0.3, -0.25) is 0 Å². The Labute approximate surface area is 141 Å². The molecule has 0 atom stereocenters. The number of sulfonamides is 1. The molecule has 0 spiro atoms. The number of aryl methyl sites for hydroxylation is 1. The van der Waals surface area contributed by atoms with E-state index in [9.17, 15) is 8.42 Å². The smallest absolute Gasteiger partial charge is 0.246 e. The molecule has 0 saturated carbocycles. The van der Waals surface area contributed by atoms with Gasteiger partial charge >= 0.3 is 0 Å². The summed E-state index contributed by atoms with van der Waals surface area (Å²) in [4.78, 5) is 4.61. The molecule has 0 radical (unpaired) electrons. The van der Waals surface area contributed by atoms with Crippen molar-refractivity contribution >= 4 is 21.4 Å². The van der Waals surface area contributed by atoms with Crippen LogP contribution < -0.4 is 4.74 Å². The molecule has 1 aromatic carbocycles. The van der Waals surface area contributed by atoms with Crippen LogP contribution in [0.15, 0.2) is 34.7 Å². The Kier molecular flexibility index (Phi) is 4.70. The standard InChI is InChI=1S/C16H20N2O3S2/c1-12-3-4-14(21-2)15(11-12)23(19,20)18-8-5-13(6-9-18)16-17-7-10-22-16/h3-4,7,10-11,13H,5-6,8-9H2,1-2H3. The number of methoxy groups -OCH3 is 1. The summed E-state index contributed by atoms with van der Waals surface area (Å²) in [6.45, 7) is 2.92. The van der Waals surface area contributed by atoms with Crippen molar-refractivity contribution in [1.82, 2.24) is 9.29 Å². The van der Waals surface area contributed by atoms with Crippen molar-refractivity contribution in [3.8, 4) is 5.75 Å². The predicted octanol–water partition coefficient (Wildman–Crippen LogP) is 3.03. The van der Waals surface area contributed by atoms with Crippen molar-refractivity contribution in [2.45, 2.75) is 30.6 Å². The van der Waals surface area contributed by atoms with E-state index in [1.807, 2.05) is 18.4 Å². The van der Waals surface area contributed by atoms with E-state index in [0.29, 0.717) is 24.8 Å². The van der Waals surface area contributed by atoms with Crippen molar-refractivity contribution in [3.63, 3.8) is 0 Å². The van der Waals surface area contributed by atoms with Crippen LogP contribution in [0.5, 0.6) is 5.75 Å². The number of aromatic nitrogens is 1. The number of thiazole rings is 1. The number of piperidine rings is 1. The van der Waals surface area contributed by atoms with Crippen LogP contribution in [0.3, 0.4) is 0 Å². The van der Waals surface area contributed by atoms with Crippen molar-refractivity contribution in [2.24, 2.45) is 0 Å². The number of ether oxygens (including phenoxy) is 1. The van der Waals surface area contributed by atoms with Crippen molar-refractivity contribution in [1.29, 1.82) is 0 Å². The molecule has 124 valence electrons. The minimum atomic E-state index is -3.53. The number of rotatable bonds is 4. The second kappa shape index (κ2) is 6.59. The minimum absolute atomic E-state index is 0.257. The molecule has 5 nitrogen and oxygen atoms in total. The number of benzene rings is 1. The lowest BCUT2D eigenvalue weighted by molar-refractivity contribution is 0.317. The predicted molar refractivity (Wildman–Crippen MR) is 90.6 cm³/mol. The molecule has 0 amide bonds. The summed E-state index contributed by atoms with van der Waals surface area (Å²) in [7, 11) is -2.03. The Hall–Kier alpha value is -1.44. The lowest BCUT2D eigenvalue weighted by atomic mass is 9.99. The van der Waals surface area contributed by atoms with Crippen molar-refractivity contribution < 1.29 is 13.2 Å². The highest BCUT2D eigenvalue weighted by molar-refractivity contribution is 7.89. The molecule has 0 unspecified atom stereocenters. The number of hydrogen-bond acceptors (Lipinski definition) is 5. The monoisotopic (exact) mass is 352 g/mol. The van der Waals surface area contributed by atoms with E-state index < -0.39 is 10.0 Å². The van der Waals surface area contributed by atoms with Gasteiger partial charge in [-0.2, -0.15) is 4.31 Å². The molecular formula is C16H20N2O3S2. The van der Waals surface area contributed by atoms with Gasteiger partial charge in [0.1, 0.15) is 10.6 Å². The Balaban J connectivity index is 1.81. The molecule has 2 heterocycles. The summed E-state index contributed by atoms with van der Waals surface area (Å²) >= 11 is 1.64. The first kappa shape index (κ1) is 16.4. The zero-order valence-electron chi connectivity index (χ0n) is 13.2. The summed E-state index contributed by atoms with van der Waals surface area (Å²) < 4.78 is 32.7. The van der Waals surface area contributed by atoms with Gasteiger partial charge in [-0.1, -0.05) is 6.07 Å². The van der Waals surface area contributed by atoms with E-state index in [-0.39, 0.29) is 4.90 Å². The first-order valence-electron chi connectivity index (χ1n) is 7.56. The van der Waals surface area contributed by atoms with Crippen molar-refractivity contribution in [3.05, 3.63) is 40.3 Å². The molecule has 0 N–H and O–H groups in total. The van der Waals surface area contributed by atoms with Crippen LogP contribution in [0, 0.1) is 6.92 Å². The molecule has 0 bridgehead atoms. The summed E-state index contributed by atoms with van der Waals surface area (Å²) in [5, 5.41) is 3.07. The van der Waals surface area contributed by atoms with E-state index in [4.69, 9.17) is 4.74 Å². The molecule has 1 aliphatic heterocycles. The Morgan fingerprint density at radius 2 is 2.04 bits per heavy atom. The van der Waals surface area contributed by atoms with Gasteiger partial charge in [0.05, 0.1) is 12.1 Å². The highest BCUT2D eigenvalue weighted by Gasteiger charge is 2.32. The summed E-state index contributed by atoms with van der Waals surface area (Å²) in [6, 6.07) is 5.25. The molecule has 0 aliphatic carbocycles. The van der Waals surface area contributed by atoms with Crippen LogP contribution in [-0.2, 0) is 10.0 Å². The fourth-order valence-corrected chi connectivity index (χ4v) is 5.42. The normalized spacial score (nSPS) is 17.3. The SMILES string of the molecule is COc1ccc(C)cc1S(=O)(=O)N1CCC(c2nccs2)CC1. The Morgan fingerprint density at radius 3 is 2.65 bits per heavy atom. The molecule has 23 heavy (non-hydrogen) atoms. The largest absolute Gasteiger partial charge is 0.495 e. The fraction of sp³-hybridized carbons (Fsp3) is 0.438. The van der Waals surface area contributed by atoms with Gasteiger partial charge in [-0.05, 0) is 37.5 Å². The van der Waals surface area contributed by atoms with Gasteiger partial charge < -0.3 is 4.74 Å². The summed E-state index contributed by atoms with van der Waals surface area (Å²) in [6.07, 6.45) is 3.42. The maximum atomic E-state index is 12.9. The second-order valence-corrected chi connectivity index (χ2v) is 8.54. The molecule has 1 fully saturated rings. The third-order valence-electron chi connectivity index (χ3n) is 4.19. The van der Waals surface area contributed by atoms with E-state index in [1.54, 1.807) is 34.0 Å². The molecule has 2 aromatic rings. The van der Waals surface area contributed by atoms with Crippen LogP contribution in [0.4, 0.5) is 0 Å². The average Bonchev–Trinajstić information content (AvgIpc) is 3.09. The zero-order valence-corrected chi connectivity index (χ0v) is 14.9. The van der Waals surface area contributed by atoms with Crippen molar-refractivity contribution in [2.75, 3.05) is 20.2 Å². The van der Waals surface area contributed by atoms with Gasteiger partial charge in [-0.15, -0.1) is 11.3 Å². The van der Waals surface area contributed by atoms with E-state index >= 15 is 0 Å². The zero-order chi connectivity index (χ0) is 16.4. The van der Waals surface area contributed by atoms with Crippen LogP contribution >= 0.6 is 11.3 Å². The average molecular weight is 352 g/mol. The molecule has 1 aliphatic rings. The summed E-state index contributed by atoms with van der Waals surface area (Å²) in [5.41, 5.74) is 0.905. The van der Waals surface area contributed by atoms with Crippen LogP contribution in [0.1, 0.15) is 29.3 Å². The highest BCUT2D eigenvalue weighted by Crippen LogP contribution is 2.34. The Bertz CT molecular complexity index is 765. The molecular weight excluding hydrogens is 332 g/mol. The van der Waals surface area contributed by atoms with Gasteiger partial charge in [0.25, 0.3) is 0 Å². The van der Waals surface area contributed by atoms with Crippen LogP contribution in [-0.4, -0.2) is 37.9 Å². The van der Waals surface area contributed by atoms with E-state index in [1.165, 1.54) is 7.11 Å². The highest BCUT2D eigenvalue weighted by atomic mass is 32.2. The van der Waals surface area contributed by atoms with Gasteiger partial charge in [-0.25, -0.2) is 13.4 Å². The quantitative estimate of drug-likeness (QED) is 0.849. The van der Waals surface area contributed by atoms with Gasteiger partial charge in [0.2, 0.25) is 10.0 Å². The van der Waals surface area contributed by atoms with Gasteiger partial charge in [0, 0.05) is 30.6 Å². The minimum Gasteiger partial charge on any atom is -0.495 e. The summed E-state index contributed by atoms with van der Waals surface area (Å²) in [5.74, 6) is 0.763. The first-order valence-corrected chi connectivity index (χ1v) is 9.88. The molecule has 1 saturated heterocycles. The maximum absolute atomic E-state index is 12.9. The lowest BCUT2D eigenvalue weighted by Crippen LogP contribution is -2.38. The molecule has 3 rings (SSSR count). The third kappa shape index (κ3) is 3.27.